The van der Waals surface area contributed by atoms with Crippen LogP contribution in [0.1, 0.15) is 22.3 Å². The fourth-order valence-corrected chi connectivity index (χ4v) is 4.47. The summed E-state index contributed by atoms with van der Waals surface area (Å²) in [5.41, 5.74) is 2.51. The molecule has 2 aromatic rings. The summed E-state index contributed by atoms with van der Waals surface area (Å²) in [7, 11) is -1.81. The molecule has 1 aliphatic heterocycles. The lowest BCUT2D eigenvalue weighted by Gasteiger charge is -2.20. The van der Waals surface area contributed by atoms with Gasteiger partial charge in [0, 0.05) is 23.9 Å². The van der Waals surface area contributed by atoms with E-state index in [9.17, 15) is 13.2 Å². The third-order valence-corrected chi connectivity index (χ3v) is 6.05. The minimum Gasteiger partial charge on any atom is -0.494 e. The van der Waals surface area contributed by atoms with Gasteiger partial charge in [-0.1, -0.05) is 18.2 Å². The molecular formula is C18H20N2O4S. The number of nitrogens with one attached hydrogen (secondary N) is 1. The normalized spacial score (nSPS) is 15.8. The molecule has 0 spiro atoms. The predicted octanol–water partition coefficient (Wildman–Crippen LogP) is 2.80. The topological polar surface area (TPSA) is 75.7 Å². The number of ether oxygens (including phenoxy) is 1. The fraction of sp³-hybridized carbons (Fsp3) is 0.278. The van der Waals surface area contributed by atoms with E-state index in [1.54, 1.807) is 24.3 Å². The van der Waals surface area contributed by atoms with Gasteiger partial charge in [-0.3, -0.25) is 9.10 Å². The van der Waals surface area contributed by atoms with E-state index >= 15 is 0 Å². The van der Waals surface area contributed by atoms with Crippen molar-refractivity contribution in [1.82, 2.24) is 0 Å². The first-order chi connectivity index (χ1) is 11.9. The number of rotatable bonds is 4. The Morgan fingerprint density at radius 3 is 2.60 bits per heavy atom. The Morgan fingerprint density at radius 2 is 1.96 bits per heavy atom. The van der Waals surface area contributed by atoms with E-state index in [1.165, 1.54) is 11.4 Å². The molecule has 1 heterocycles. The summed E-state index contributed by atoms with van der Waals surface area (Å²) in [6.45, 7) is 2.31. The van der Waals surface area contributed by atoms with E-state index in [2.05, 4.69) is 5.32 Å². The van der Waals surface area contributed by atoms with Gasteiger partial charge in [-0.05, 0) is 37.1 Å². The number of methoxy groups -OCH3 is 1. The third kappa shape index (κ3) is 3.46. The van der Waals surface area contributed by atoms with Crippen LogP contribution in [0.4, 0.5) is 11.4 Å². The highest BCUT2D eigenvalue weighted by Crippen LogP contribution is 2.35. The van der Waals surface area contributed by atoms with Crippen molar-refractivity contribution in [3.05, 3.63) is 53.6 Å². The molecule has 0 radical (unpaired) electrons. The molecule has 0 atom stereocenters. The second-order valence-corrected chi connectivity index (χ2v) is 7.91. The third-order valence-electron chi connectivity index (χ3n) is 4.20. The maximum Gasteiger partial charge on any atom is 0.255 e. The minimum atomic E-state index is -3.29. The highest BCUT2D eigenvalue weighted by molar-refractivity contribution is 7.93. The standard InChI is InChI=1S/C18H20N2O4S/c1-13-6-3-4-7-15(13)18(21)19-14-8-9-16(17(12-14)24-2)20-10-5-11-25(20,22)23/h3-4,6-9,12H,5,10-11H2,1-2H3,(H,19,21). The van der Waals surface area contributed by atoms with Crippen LogP contribution in [0.3, 0.4) is 0 Å². The van der Waals surface area contributed by atoms with Gasteiger partial charge in [0.05, 0.1) is 18.6 Å². The van der Waals surface area contributed by atoms with E-state index in [-0.39, 0.29) is 11.7 Å². The molecular weight excluding hydrogens is 340 g/mol. The summed E-state index contributed by atoms with van der Waals surface area (Å²) in [4.78, 5) is 12.4. The van der Waals surface area contributed by atoms with Gasteiger partial charge in [-0.15, -0.1) is 0 Å². The Hall–Kier alpha value is -2.54. The molecule has 1 N–H and O–H groups in total. The maximum absolute atomic E-state index is 12.4. The van der Waals surface area contributed by atoms with Crippen molar-refractivity contribution in [3.8, 4) is 5.75 Å². The van der Waals surface area contributed by atoms with Gasteiger partial charge in [0.25, 0.3) is 5.91 Å². The lowest BCUT2D eigenvalue weighted by molar-refractivity contribution is 0.102. The number of benzene rings is 2. The summed E-state index contributed by atoms with van der Waals surface area (Å²) in [5.74, 6) is 0.330. The summed E-state index contributed by atoms with van der Waals surface area (Å²) in [6, 6.07) is 12.3. The predicted molar refractivity (Wildman–Crippen MR) is 97.9 cm³/mol. The summed E-state index contributed by atoms with van der Waals surface area (Å²) in [5, 5.41) is 2.83. The zero-order valence-corrected chi connectivity index (χ0v) is 15.0. The lowest BCUT2D eigenvalue weighted by atomic mass is 10.1. The average molecular weight is 360 g/mol. The Labute approximate surface area is 147 Å². The van der Waals surface area contributed by atoms with Crippen molar-refractivity contribution >= 4 is 27.3 Å². The molecule has 1 aliphatic rings. The molecule has 2 aromatic carbocycles. The van der Waals surface area contributed by atoms with Crippen LogP contribution in [-0.2, 0) is 10.0 Å². The Morgan fingerprint density at radius 1 is 1.20 bits per heavy atom. The molecule has 7 heteroatoms. The number of hydrogen-bond acceptors (Lipinski definition) is 4. The molecule has 0 unspecified atom stereocenters. The molecule has 132 valence electrons. The molecule has 1 fully saturated rings. The second kappa shape index (κ2) is 6.76. The molecule has 0 aliphatic carbocycles. The molecule has 6 nitrogen and oxygen atoms in total. The first-order valence-corrected chi connectivity index (χ1v) is 9.59. The highest BCUT2D eigenvalue weighted by Gasteiger charge is 2.30. The van der Waals surface area contributed by atoms with Crippen LogP contribution in [0, 0.1) is 6.92 Å². The van der Waals surface area contributed by atoms with Crippen molar-refractivity contribution in [3.63, 3.8) is 0 Å². The van der Waals surface area contributed by atoms with E-state index in [1.807, 2.05) is 25.1 Å². The minimum absolute atomic E-state index is 0.141. The smallest absolute Gasteiger partial charge is 0.255 e. The number of aryl methyl sites for hydroxylation is 1. The average Bonchev–Trinajstić information content (AvgIpc) is 2.94. The molecule has 0 saturated carbocycles. The number of sulfonamides is 1. The lowest BCUT2D eigenvalue weighted by Crippen LogP contribution is -2.25. The van der Waals surface area contributed by atoms with Crippen LogP contribution in [0.15, 0.2) is 42.5 Å². The van der Waals surface area contributed by atoms with Crippen LogP contribution in [-0.4, -0.2) is 33.7 Å². The van der Waals surface area contributed by atoms with E-state index in [0.717, 1.165) is 5.56 Å². The van der Waals surface area contributed by atoms with E-state index in [4.69, 9.17) is 4.74 Å². The van der Waals surface area contributed by atoms with Crippen molar-refractivity contribution < 1.29 is 17.9 Å². The number of amides is 1. The van der Waals surface area contributed by atoms with Crippen molar-refractivity contribution in [2.45, 2.75) is 13.3 Å². The van der Waals surface area contributed by atoms with Crippen LogP contribution < -0.4 is 14.4 Å². The Bertz CT molecular complexity index is 909. The summed E-state index contributed by atoms with van der Waals surface area (Å²) in [6.07, 6.45) is 0.595. The van der Waals surface area contributed by atoms with Crippen molar-refractivity contribution in [1.29, 1.82) is 0 Å². The first-order valence-electron chi connectivity index (χ1n) is 7.98. The Kier molecular flexibility index (Phi) is 4.67. The number of nitrogens with zero attached hydrogens (tertiary/aromatic N) is 1. The van der Waals surface area contributed by atoms with Gasteiger partial charge in [0.1, 0.15) is 5.75 Å². The SMILES string of the molecule is COc1cc(NC(=O)c2ccccc2C)ccc1N1CCCS1(=O)=O. The Balaban J connectivity index is 1.87. The zero-order valence-electron chi connectivity index (χ0n) is 14.2. The van der Waals surface area contributed by atoms with Crippen LogP contribution in [0.5, 0.6) is 5.75 Å². The monoisotopic (exact) mass is 360 g/mol. The molecule has 1 amide bonds. The van der Waals surface area contributed by atoms with Crippen LogP contribution >= 0.6 is 0 Å². The largest absolute Gasteiger partial charge is 0.494 e. The fourth-order valence-electron chi connectivity index (χ4n) is 2.90. The van der Waals surface area contributed by atoms with Gasteiger partial charge < -0.3 is 10.1 Å². The van der Waals surface area contributed by atoms with Gasteiger partial charge in [0.15, 0.2) is 0 Å². The number of carbonyl (C=O) groups excluding carboxylic acids is 1. The van der Waals surface area contributed by atoms with Gasteiger partial charge >= 0.3 is 0 Å². The highest BCUT2D eigenvalue weighted by atomic mass is 32.2. The number of hydrogen-bond donors (Lipinski definition) is 1. The molecule has 1 saturated heterocycles. The van der Waals surface area contributed by atoms with Crippen LogP contribution in [0.25, 0.3) is 0 Å². The molecule has 0 aromatic heterocycles. The van der Waals surface area contributed by atoms with E-state index in [0.29, 0.717) is 35.7 Å². The first kappa shape index (κ1) is 17.3. The maximum atomic E-state index is 12.4. The quantitative estimate of drug-likeness (QED) is 0.910. The van der Waals surface area contributed by atoms with Crippen molar-refractivity contribution in [2.75, 3.05) is 29.0 Å². The summed E-state index contributed by atoms with van der Waals surface area (Å²) < 4.78 is 30.9. The number of anilines is 2. The van der Waals surface area contributed by atoms with E-state index < -0.39 is 10.0 Å². The van der Waals surface area contributed by atoms with Gasteiger partial charge in [-0.25, -0.2) is 8.42 Å². The van der Waals surface area contributed by atoms with Crippen molar-refractivity contribution in [2.24, 2.45) is 0 Å². The molecule has 25 heavy (non-hydrogen) atoms. The van der Waals surface area contributed by atoms with Crippen LogP contribution in [0.2, 0.25) is 0 Å². The van der Waals surface area contributed by atoms with Gasteiger partial charge in [0.2, 0.25) is 10.0 Å². The second-order valence-electron chi connectivity index (χ2n) is 5.90. The summed E-state index contributed by atoms with van der Waals surface area (Å²) >= 11 is 0. The van der Waals surface area contributed by atoms with Gasteiger partial charge in [-0.2, -0.15) is 0 Å². The number of carbonyl (C=O) groups is 1. The molecule has 3 rings (SSSR count). The zero-order chi connectivity index (χ0) is 18.0. The molecule has 0 bridgehead atoms.